The van der Waals surface area contributed by atoms with Crippen molar-refractivity contribution in [1.82, 2.24) is 24.5 Å². The van der Waals surface area contributed by atoms with Gasteiger partial charge in [-0.05, 0) is 12.1 Å². The van der Waals surface area contributed by atoms with Gasteiger partial charge in [-0.1, -0.05) is 23.4 Å². The summed E-state index contributed by atoms with van der Waals surface area (Å²) in [5.41, 5.74) is 4.26. The van der Waals surface area contributed by atoms with E-state index in [1.54, 1.807) is 6.20 Å². The molecule has 24 heavy (non-hydrogen) atoms. The second-order valence-electron chi connectivity index (χ2n) is 5.83. The smallest absolute Gasteiger partial charge is 0.356 e. The van der Waals surface area contributed by atoms with Gasteiger partial charge in [-0.15, -0.1) is 5.10 Å². The summed E-state index contributed by atoms with van der Waals surface area (Å²) in [6.07, 6.45) is 1.77. The zero-order valence-electron chi connectivity index (χ0n) is 12.9. The molecule has 3 aromatic heterocycles. The average Bonchev–Trinajstić information content (AvgIpc) is 3.13. The van der Waals surface area contributed by atoms with Gasteiger partial charge in [-0.2, -0.15) is 0 Å². The van der Waals surface area contributed by atoms with Gasteiger partial charge in [0, 0.05) is 16.3 Å². The number of methoxy groups -OCH3 is 1. The van der Waals surface area contributed by atoms with Gasteiger partial charge in [0.25, 0.3) is 0 Å². The summed E-state index contributed by atoms with van der Waals surface area (Å²) < 4.78 is 8.91. The van der Waals surface area contributed by atoms with Crippen molar-refractivity contribution in [3.8, 4) is 0 Å². The highest BCUT2D eigenvalue weighted by atomic mass is 16.5. The number of carbonyl (C=O) groups excluding carboxylic acids is 1. The predicted octanol–water partition coefficient (Wildman–Crippen LogP) is 1.98. The molecule has 1 aromatic carbocycles. The van der Waals surface area contributed by atoms with Crippen LogP contribution in [0.2, 0.25) is 0 Å². The summed E-state index contributed by atoms with van der Waals surface area (Å²) in [7, 11) is 1.37. The van der Waals surface area contributed by atoms with Crippen molar-refractivity contribution < 1.29 is 9.53 Å². The first-order chi connectivity index (χ1) is 11.8. The molecule has 1 aliphatic heterocycles. The van der Waals surface area contributed by atoms with Crippen molar-refractivity contribution in [2.75, 3.05) is 7.11 Å². The van der Waals surface area contributed by atoms with Crippen molar-refractivity contribution in [3.05, 3.63) is 53.6 Å². The number of esters is 1. The second-order valence-corrected chi connectivity index (χ2v) is 5.83. The molecule has 0 bridgehead atoms. The van der Waals surface area contributed by atoms with E-state index in [-0.39, 0.29) is 0 Å². The molecular formula is C17H13N5O2. The van der Waals surface area contributed by atoms with Crippen molar-refractivity contribution in [2.45, 2.75) is 13.1 Å². The number of para-hydroxylation sites is 1. The Morgan fingerprint density at radius 2 is 2.08 bits per heavy atom. The molecule has 4 aromatic rings. The van der Waals surface area contributed by atoms with Crippen LogP contribution in [0.1, 0.15) is 21.9 Å². The molecule has 0 atom stereocenters. The van der Waals surface area contributed by atoms with E-state index in [0.29, 0.717) is 18.8 Å². The summed E-state index contributed by atoms with van der Waals surface area (Å²) in [6, 6.07) is 9.98. The summed E-state index contributed by atoms with van der Waals surface area (Å²) in [5, 5.41) is 10.2. The molecule has 0 N–H and O–H groups in total. The average molecular weight is 319 g/mol. The third-order valence-electron chi connectivity index (χ3n) is 4.53. The molecule has 1 aliphatic rings. The minimum absolute atomic E-state index is 0.312. The summed E-state index contributed by atoms with van der Waals surface area (Å²) >= 11 is 0. The Bertz CT molecular complexity index is 1120. The number of hydrogen-bond acceptors (Lipinski definition) is 5. The van der Waals surface area contributed by atoms with E-state index in [9.17, 15) is 4.79 Å². The zero-order valence-corrected chi connectivity index (χ0v) is 12.9. The summed E-state index contributed by atoms with van der Waals surface area (Å²) in [6.45, 7) is 1.15. The Balaban J connectivity index is 1.94. The number of ether oxygens (including phenoxy) is 1. The molecule has 0 fully saturated rings. The quantitative estimate of drug-likeness (QED) is 0.442. The first-order valence-electron chi connectivity index (χ1n) is 7.63. The number of carbonyl (C=O) groups is 1. The molecule has 118 valence electrons. The maximum absolute atomic E-state index is 12.0. The molecule has 5 rings (SSSR count). The lowest BCUT2D eigenvalue weighted by atomic mass is 10.1. The molecule has 0 unspecified atom stereocenters. The molecule has 0 spiro atoms. The van der Waals surface area contributed by atoms with Crippen molar-refractivity contribution in [3.63, 3.8) is 0 Å². The van der Waals surface area contributed by atoms with Gasteiger partial charge < -0.3 is 9.30 Å². The van der Waals surface area contributed by atoms with Crippen molar-refractivity contribution in [2.24, 2.45) is 0 Å². The fraction of sp³-hybridized carbons (Fsp3) is 0.176. The van der Waals surface area contributed by atoms with Crippen LogP contribution in [-0.2, 0) is 17.8 Å². The molecule has 7 nitrogen and oxygen atoms in total. The minimum atomic E-state index is -0.437. The molecule has 0 aliphatic carbocycles. The first-order valence-corrected chi connectivity index (χ1v) is 7.63. The van der Waals surface area contributed by atoms with Crippen LogP contribution >= 0.6 is 0 Å². The number of benzene rings is 1. The van der Waals surface area contributed by atoms with E-state index in [1.807, 2.05) is 22.9 Å². The molecule has 0 saturated carbocycles. The van der Waals surface area contributed by atoms with E-state index in [0.717, 1.165) is 33.2 Å². The third kappa shape index (κ3) is 1.66. The third-order valence-corrected chi connectivity index (χ3v) is 4.53. The maximum atomic E-state index is 12.0. The highest BCUT2D eigenvalue weighted by Crippen LogP contribution is 2.33. The molecule has 7 heteroatoms. The highest BCUT2D eigenvalue weighted by molar-refractivity contribution is 6.10. The minimum Gasteiger partial charge on any atom is -0.464 e. The van der Waals surface area contributed by atoms with E-state index in [4.69, 9.17) is 4.74 Å². The monoisotopic (exact) mass is 319 g/mol. The van der Waals surface area contributed by atoms with Gasteiger partial charge in [-0.3, -0.25) is 0 Å². The Labute approximate surface area is 136 Å². The van der Waals surface area contributed by atoms with Gasteiger partial charge >= 0.3 is 5.97 Å². The Kier molecular flexibility index (Phi) is 2.56. The number of rotatable bonds is 1. The number of hydrogen-bond donors (Lipinski definition) is 0. The number of aromatic nitrogens is 5. The molecule has 0 amide bonds. The Hall–Kier alpha value is -3.22. The van der Waals surface area contributed by atoms with Gasteiger partial charge in [0.05, 0.1) is 43.3 Å². The van der Waals surface area contributed by atoms with Gasteiger partial charge in [-0.25, -0.2) is 14.5 Å². The summed E-state index contributed by atoms with van der Waals surface area (Å²) in [5.74, 6) is -0.437. The van der Waals surface area contributed by atoms with Crippen LogP contribution < -0.4 is 0 Å². The Morgan fingerprint density at radius 1 is 1.21 bits per heavy atom. The summed E-state index contributed by atoms with van der Waals surface area (Å²) in [4.78, 5) is 16.6. The zero-order chi connectivity index (χ0) is 16.3. The van der Waals surface area contributed by atoms with Crippen molar-refractivity contribution >= 4 is 27.8 Å². The fourth-order valence-electron chi connectivity index (χ4n) is 3.48. The lowest BCUT2D eigenvalue weighted by molar-refractivity contribution is 0.0594. The molecular weight excluding hydrogens is 306 g/mol. The largest absolute Gasteiger partial charge is 0.464 e. The maximum Gasteiger partial charge on any atom is 0.356 e. The highest BCUT2D eigenvalue weighted by Gasteiger charge is 2.23. The lowest BCUT2D eigenvalue weighted by Gasteiger charge is -2.06. The predicted molar refractivity (Wildman–Crippen MR) is 86.8 cm³/mol. The van der Waals surface area contributed by atoms with Gasteiger partial charge in [0.15, 0.2) is 0 Å². The van der Waals surface area contributed by atoms with E-state index < -0.39 is 5.97 Å². The number of nitrogens with zero attached hydrogens (tertiary/aromatic N) is 5. The SMILES string of the molecule is COC(=O)c1cc2c3ccccc3n3c2c(n1)Cn1nncc1C3. The van der Waals surface area contributed by atoms with Crippen LogP contribution in [0.4, 0.5) is 0 Å². The molecule has 0 saturated heterocycles. The molecule has 4 heterocycles. The number of pyridine rings is 1. The standard InChI is InChI=1S/C17H13N5O2/c1-24-17(23)13-6-12-11-4-2-3-5-15(11)21-8-10-7-18-20-22(10)9-14(19-13)16(12)21/h2-7H,8-9H2,1H3. The van der Waals surface area contributed by atoms with E-state index >= 15 is 0 Å². The van der Waals surface area contributed by atoms with Gasteiger partial charge in [0.2, 0.25) is 0 Å². The van der Waals surface area contributed by atoms with Crippen LogP contribution in [0.5, 0.6) is 0 Å². The second kappa shape index (κ2) is 4.64. The van der Waals surface area contributed by atoms with Crippen LogP contribution in [0.15, 0.2) is 36.5 Å². The first kappa shape index (κ1) is 13.2. The van der Waals surface area contributed by atoms with Crippen molar-refractivity contribution in [1.29, 1.82) is 0 Å². The topological polar surface area (TPSA) is 74.8 Å². The van der Waals surface area contributed by atoms with Crippen LogP contribution in [0.3, 0.4) is 0 Å². The normalized spacial score (nSPS) is 13.0. The van der Waals surface area contributed by atoms with E-state index in [1.165, 1.54) is 7.11 Å². The fourth-order valence-corrected chi connectivity index (χ4v) is 3.48. The number of fused-ring (bicyclic) bond motifs is 4. The molecule has 0 radical (unpaired) electrons. The van der Waals surface area contributed by atoms with E-state index in [2.05, 4.69) is 32.0 Å². The van der Waals surface area contributed by atoms with Crippen LogP contribution in [0.25, 0.3) is 21.8 Å². The van der Waals surface area contributed by atoms with Gasteiger partial charge in [0.1, 0.15) is 5.69 Å². The van der Waals surface area contributed by atoms with Crippen LogP contribution in [-0.4, -0.2) is 37.6 Å². The van der Waals surface area contributed by atoms with Crippen LogP contribution in [0, 0.1) is 0 Å². The lowest BCUT2D eigenvalue weighted by Crippen LogP contribution is -2.10. The Morgan fingerprint density at radius 3 is 2.96 bits per heavy atom.